The van der Waals surface area contributed by atoms with Gasteiger partial charge in [0.1, 0.15) is 5.97 Å². The molecule has 0 radical (unpaired) electrons. The molecular weight excluding hydrogens is 585 g/mol. The van der Waals surface area contributed by atoms with Crippen LogP contribution in [-0.2, 0) is 4.79 Å². The van der Waals surface area contributed by atoms with Crippen LogP contribution in [0.5, 0.6) is 0 Å². The number of hydrogen-bond acceptors (Lipinski definition) is 2. The number of hydrogen-bond donors (Lipinski definition) is 0. The first-order valence-electron chi connectivity index (χ1n) is 10.2. The highest BCUT2D eigenvalue weighted by molar-refractivity contribution is 5.75. The van der Waals surface area contributed by atoms with Crippen LogP contribution in [0.4, 0.5) is 74.6 Å². The third-order valence-electron chi connectivity index (χ3n) is 5.68. The van der Waals surface area contributed by atoms with Crippen molar-refractivity contribution in [3.8, 4) is 0 Å². The van der Waals surface area contributed by atoms with Crippen LogP contribution in [0.3, 0.4) is 0 Å². The Labute approximate surface area is 203 Å². The number of carbonyl (C=O) groups is 1. The van der Waals surface area contributed by atoms with Crippen molar-refractivity contribution in [1.82, 2.24) is 0 Å². The second kappa shape index (κ2) is 10.7. The number of halogens is 17. The molecule has 1 saturated heterocycles. The molecule has 228 valence electrons. The molecule has 1 fully saturated rings. The molecule has 0 unspecified atom stereocenters. The summed E-state index contributed by atoms with van der Waals surface area (Å²) in [6.45, 7) is 6.55. The molecule has 20 heteroatoms. The zero-order valence-electron chi connectivity index (χ0n) is 19.1. The van der Waals surface area contributed by atoms with Gasteiger partial charge in [0.25, 0.3) is 0 Å². The van der Waals surface area contributed by atoms with Crippen molar-refractivity contribution in [3.63, 3.8) is 0 Å². The maximum absolute atomic E-state index is 13.0. The van der Waals surface area contributed by atoms with E-state index in [9.17, 15) is 84.5 Å². The Morgan fingerprint density at radius 2 is 0.947 bits per heavy atom. The van der Waals surface area contributed by atoms with Crippen molar-refractivity contribution in [3.05, 3.63) is 0 Å². The van der Waals surface area contributed by atoms with Gasteiger partial charge in [0, 0.05) is 12.8 Å². The Morgan fingerprint density at radius 1 is 0.632 bits per heavy atom. The number of rotatable bonds is 10. The van der Waals surface area contributed by atoms with Crippen LogP contribution in [0.2, 0.25) is 0 Å². The number of aliphatic carboxylic acids is 1. The second-order valence-electron chi connectivity index (χ2n) is 8.66. The molecule has 0 aromatic carbocycles. The summed E-state index contributed by atoms with van der Waals surface area (Å²) in [5.41, 5.74) is 0. The normalized spacial score (nSPS) is 18.2. The fourth-order valence-corrected chi connectivity index (χ4v) is 3.15. The zero-order chi connectivity index (χ0) is 31.0. The standard InChI is InChI=1S/C9HF17O2.C9H20N/c10-2(11,1(27)28)3(12,13)4(14,15)5(16,17)6(18,19)7(20,21)8(22,23)9(24,25)26;1-3-4-7-10(2)8-5-6-9-10/h(H,27,28);3-9H2,1-2H3/q;+1/p-1. The van der Waals surface area contributed by atoms with E-state index in [0.717, 1.165) is 0 Å². The molecule has 0 atom stereocenters. The first-order chi connectivity index (χ1) is 16.5. The summed E-state index contributed by atoms with van der Waals surface area (Å²) in [7, 11) is 2.41. The van der Waals surface area contributed by atoms with Crippen molar-refractivity contribution in [2.45, 2.75) is 80.2 Å². The third-order valence-corrected chi connectivity index (χ3v) is 5.68. The molecule has 0 aromatic rings. The number of nitrogens with zero attached hydrogens (tertiary/aromatic N) is 1. The van der Waals surface area contributed by atoms with Crippen molar-refractivity contribution < 1.29 is 89.0 Å². The number of likely N-dealkylation sites (tertiary alicyclic amines) is 1. The van der Waals surface area contributed by atoms with Gasteiger partial charge in [0.2, 0.25) is 0 Å². The van der Waals surface area contributed by atoms with E-state index in [1.165, 1.54) is 49.8 Å². The lowest BCUT2D eigenvalue weighted by molar-refractivity contribution is -0.897. The van der Waals surface area contributed by atoms with Gasteiger partial charge in [-0.25, -0.2) is 0 Å². The van der Waals surface area contributed by atoms with Crippen LogP contribution in [0.25, 0.3) is 0 Å². The maximum Gasteiger partial charge on any atom is 0.460 e. The van der Waals surface area contributed by atoms with Gasteiger partial charge in [-0.15, -0.1) is 0 Å². The molecule has 38 heavy (non-hydrogen) atoms. The maximum atomic E-state index is 13.0. The highest BCUT2D eigenvalue weighted by Gasteiger charge is 2.95. The fraction of sp³-hybridized carbons (Fsp3) is 0.944. The van der Waals surface area contributed by atoms with E-state index in [0.29, 0.717) is 0 Å². The minimum Gasteiger partial charge on any atom is -0.544 e. The van der Waals surface area contributed by atoms with Gasteiger partial charge >= 0.3 is 47.6 Å². The highest BCUT2D eigenvalue weighted by Crippen LogP contribution is 2.63. The van der Waals surface area contributed by atoms with Gasteiger partial charge in [-0.1, -0.05) is 13.3 Å². The fourth-order valence-electron chi connectivity index (χ4n) is 3.15. The largest absolute Gasteiger partial charge is 0.544 e. The van der Waals surface area contributed by atoms with Crippen molar-refractivity contribution in [2.75, 3.05) is 26.7 Å². The van der Waals surface area contributed by atoms with Gasteiger partial charge in [-0.05, 0) is 6.42 Å². The number of carbonyl (C=O) groups excluding carboxylic acids is 1. The molecule has 0 N–H and O–H groups in total. The van der Waals surface area contributed by atoms with E-state index in [1.807, 2.05) is 0 Å². The van der Waals surface area contributed by atoms with Gasteiger partial charge in [-0.3, -0.25) is 0 Å². The molecule has 1 aliphatic rings. The molecule has 0 amide bonds. The minimum absolute atomic E-state index is 1.36. The van der Waals surface area contributed by atoms with E-state index in [1.54, 1.807) is 0 Å². The summed E-state index contributed by atoms with van der Waals surface area (Å²) in [5.74, 6) is -63.5. The molecule has 0 spiro atoms. The third kappa shape index (κ3) is 5.73. The Balaban J connectivity index is 0.00000113. The summed E-state index contributed by atoms with van der Waals surface area (Å²) in [6, 6.07) is 0. The van der Waals surface area contributed by atoms with Crippen molar-refractivity contribution in [1.29, 1.82) is 0 Å². The second-order valence-corrected chi connectivity index (χ2v) is 8.66. The van der Waals surface area contributed by atoms with Crippen LogP contribution in [0.15, 0.2) is 0 Å². The lowest BCUT2D eigenvalue weighted by Crippen LogP contribution is -2.75. The smallest absolute Gasteiger partial charge is 0.460 e. The molecule has 1 rings (SSSR count). The summed E-state index contributed by atoms with van der Waals surface area (Å²) < 4.78 is 215. The number of carboxylic acids is 1. The van der Waals surface area contributed by atoms with E-state index in [2.05, 4.69) is 14.0 Å². The topological polar surface area (TPSA) is 40.1 Å². The molecule has 1 heterocycles. The number of quaternary nitrogens is 1. The summed E-state index contributed by atoms with van der Waals surface area (Å²) in [5, 5.41) is 9.65. The first-order valence-corrected chi connectivity index (χ1v) is 10.2. The van der Waals surface area contributed by atoms with Crippen LogP contribution in [-0.4, -0.2) is 84.8 Å². The molecular formula is C18H20F17NO2. The minimum atomic E-state index is -8.79. The number of carboxylic acid groups (broad SMARTS) is 1. The van der Waals surface area contributed by atoms with Gasteiger partial charge < -0.3 is 14.4 Å². The lowest BCUT2D eigenvalue weighted by atomic mass is 9.89. The Bertz CT molecular complexity index is 816. The van der Waals surface area contributed by atoms with Crippen LogP contribution in [0, 0.1) is 0 Å². The quantitative estimate of drug-likeness (QED) is 0.235. The lowest BCUT2D eigenvalue weighted by Gasteiger charge is -2.42. The summed E-state index contributed by atoms with van der Waals surface area (Å²) in [6.07, 6.45) is -2.16. The highest BCUT2D eigenvalue weighted by atomic mass is 19.4. The molecule has 1 aliphatic heterocycles. The number of alkyl halides is 17. The average molecular weight is 605 g/mol. The van der Waals surface area contributed by atoms with Gasteiger partial charge in [0.15, 0.2) is 0 Å². The molecule has 0 bridgehead atoms. The summed E-state index contributed by atoms with van der Waals surface area (Å²) in [4.78, 5) is 9.65. The Morgan fingerprint density at radius 3 is 1.24 bits per heavy atom. The van der Waals surface area contributed by atoms with Gasteiger partial charge in [0.05, 0.1) is 26.7 Å². The zero-order valence-corrected chi connectivity index (χ0v) is 19.1. The van der Waals surface area contributed by atoms with Crippen LogP contribution >= 0.6 is 0 Å². The molecule has 0 aliphatic carbocycles. The van der Waals surface area contributed by atoms with E-state index >= 15 is 0 Å². The summed E-state index contributed by atoms with van der Waals surface area (Å²) >= 11 is 0. The Hall–Kier alpha value is -1.76. The van der Waals surface area contributed by atoms with Gasteiger partial charge in [-0.2, -0.15) is 74.6 Å². The van der Waals surface area contributed by atoms with Crippen LogP contribution < -0.4 is 5.11 Å². The van der Waals surface area contributed by atoms with E-state index in [4.69, 9.17) is 0 Å². The first kappa shape index (κ1) is 36.2. The molecule has 3 nitrogen and oxygen atoms in total. The van der Waals surface area contributed by atoms with Crippen LogP contribution in [0.1, 0.15) is 32.6 Å². The van der Waals surface area contributed by atoms with Crippen molar-refractivity contribution in [2.24, 2.45) is 0 Å². The number of unbranched alkanes of at least 4 members (excludes halogenated alkanes) is 1. The molecule has 0 saturated carbocycles. The predicted molar refractivity (Wildman–Crippen MR) is 90.6 cm³/mol. The van der Waals surface area contributed by atoms with E-state index < -0.39 is 53.6 Å². The molecule has 0 aromatic heterocycles. The van der Waals surface area contributed by atoms with E-state index in [-0.39, 0.29) is 0 Å². The van der Waals surface area contributed by atoms with Crippen molar-refractivity contribution >= 4 is 5.97 Å². The Kier molecular flexibility index (Phi) is 10.2. The SMILES string of the molecule is CCCC[N+]1(C)CCCC1.O=C([O-])C(F)(F)C(F)(F)C(F)(F)C(F)(F)C(F)(F)C(F)(F)C(F)(F)C(F)(F)F. The predicted octanol–water partition coefficient (Wildman–Crippen LogP) is 5.77. The monoisotopic (exact) mass is 605 g/mol. The average Bonchev–Trinajstić information content (AvgIpc) is 3.17.